The van der Waals surface area contributed by atoms with Crippen LogP contribution in [0.1, 0.15) is 52.9 Å². The van der Waals surface area contributed by atoms with Crippen molar-refractivity contribution in [2.24, 2.45) is 29.6 Å². The largest absolute Gasteiger partial charge is 0.459 e. The van der Waals surface area contributed by atoms with Crippen molar-refractivity contribution in [1.82, 2.24) is 0 Å². The van der Waals surface area contributed by atoms with Crippen molar-refractivity contribution in [3.05, 3.63) is 0 Å². The maximum absolute atomic E-state index is 12.0. The molecular weight excluding hydrogens is 212 g/mol. The van der Waals surface area contributed by atoms with E-state index in [2.05, 4.69) is 13.8 Å². The van der Waals surface area contributed by atoms with Gasteiger partial charge in [-0.2, -0.15) is 0 Å². The standard InChI is InChI=1S/C15H24O2/c1-4-9(2)14(16)17-15(3)8-10-7-13(15)12-6-5-11(10)12/h9-13H,4-8H2,1-3H3. The van der Waals surface area contributed by atoms with Gasteiger partial charge in [-0.15, -0.1) is 0 Å². The summed E-state index contributed by atoms with van der Waals surface area (Å²) in [7, 11) is 0. The minimum atomic E-state index is -0.132. The molecule has 0 spiro atoms. The average molecular weight is 236 g/mol. The Morgan fingerprint density at radius 1 is 1.41 bits per heavy atom. The first-order valence-electron chi connectivity index (χ1n) is 7.28. The van der Waals surface area contributed by atoms with E-state index >= 15 is 0 Å². The molecule has 6 atom stereocenters. The Hall–Kier alpha value is -0.530. The molecule has 96 valence electrons. The van der Waals surface area contributed by atoms with E-state index < -0.39 is 0 Å². The second-order valence-electron chi connectivity index (χ2n) is 6.75. The first-order chi connectivity index (χ1) is 8.05. The number of esters is 1. The highest BCUT2D eigenvalue weighted by Crippen LogP contribution is 2.65. The maximum atomic E-state index is 12.0. The van der Waals surface area contributed by atoms with Gasteiger partial charge in [-0.05, 0) is 56.8 Å². The minimum absolute atomic E-state index is 0.0263. The molecule has 2 bridgehead atoms. The summed E-state index contributed by atoms with van der Waals surface area (Å²) < 4.78 is 5.90. The Morgan fingerprint density at radius 2 is 2.12 bits per heavy atom. The van der Waals surface area contributed by atoms with Crippen molar-refractivity contribution in [3.63, 3.8) is 0 Å². The van der Waals surface area contributed by atoms with Crippen LogP contribution < -0.4 is 0 Å². The highest BCUT2D eigenvalue weighted by Gasteiger charge is 2.62. The summed E-state index contributed by atoms with van der Waals surface area (Å²) in [5, 5.41) is 0. The number of ether oxygens (including phenoxy) is 1. The maximum Gasteiger partial charge on any atom is 0.309 e. The molecule has 0 aliphatic heterocycles. The molecule has 0 aromatic rings. The third-order valence-corrected chi connectivity index (χ3v) is 5.86. The van der Waals surface area contributed by atoms with Crippen LogP contribution in [0.15, 0.2) is 0 Å². The molecule has 6 unspecified atom stereocenters. The van der Waals surface area contributed by atoms with E-state index in [1.54, 1.807) is 0 Å². The first kappa shape index (κ1) is 11.6. The molecule has 0 heterocycles. The van der Waals surface area contributed by atoms with Gasteiger partial charge in [0.25, 0.3) is 0 Å². The molecule has 0 saturated heterocycles. The Morgan fingerprint density at radius 3 is 2.65 bits per heavy atom. The topological polar surface area (TPSA) is 26.3 Å². The van der Waals surface area contributed by atoms with Gasteiger partial charge in [0.2, 0.25) is 0 Å². The first-order valence-corrected chi connectivity index (χ1v) is 7.28. The minimum Gasteiger partial charge on any atom is -0.459 e. The van der Waals surface area contributed by atoms with Crippen molar-refractivity contribution in [2.75, 3.05) is 0 Å². The fourth-order valence-corrected chi connectivity index (χ4v) is 4.54. The summed E-state index contributed by atoms with van der Waals surface area (Å²) in [6.07, 6.45) is 6.14. The third kappa shape index (κ3) is 1.56. The molecule has 0 amide bonds. The normalized spacial score (nSPS) is 48.4. The Kier molecular flexibility index (Phi) is 2.53. The van der Waals surface area contributed by atoms with Crippen molar-refractivity contribution < 1.29 is 9.53 Å². The summed E-state index contributed by atoms with van der Waals surface area (Å²) in [5.41, 5.74) is -0.132. The van der Waals surface area contributed by atoms with Gasteiger partial charge in [0.15, 0.2) is 0 Å². The zero-order valence-corrected chi connectivity index (χ0v) is 11.2. The van der Waals surface area contributed by atoms with E-state index in [1.807, 2.05) is 6.92 Å². The van der Waals surface area contributed by atoms with Crippen LogP contribution in [-0.2, 0) is 9.53 Å². The van der Waals surface area contributed by atoms with Crippen molar-refractivity contribution in [3.8, 4) is 0 Å². The average Bonchev–Trinajstić information content (AvgIpc) is 2.64. The SMILES string of the molecule is CCC(C)C(=O)OC1(C)CC2CC1C1CCC21. The molecule has 0 aromatic heterocycles. The summed E-state index contributed by atoms with van der Waals surface area (Å²) in [4.78, 5) is 12.0. The molecule has 0 radical (unpaired) electrons. The predicted octanol–water partition coefficient (Wildman–Crippen LogP) is 3.40. The summed E-state index contributed by atoms with van der Waals surface area (Å²) in [6.45, 7) is 6.22. The molecule has 0 aromatic carbocycles. The number of carbonyl (C=O) groups excluding carboxylic acids is 1. The van der Waals surface area contributed by atoms with Gasteiger partial charge in [0.1, 0.15) is 5.60 Å². The molecule has 3 fully saturated rings. The van der Waals surface area contributed by atoms with Crippen LogP contribution in [0, 0.1) is 29.6 Å². The van der Waals surface area contributed by atoms with Gasteiger partial charge in [-0.1, -0.05) is 13.8 Å². The second-order valence-corrected chi connectivity index (χ2v) is 6.75. The summed E-state index contributed by atoms with van der Waals surface area (Å²) >= 11 is 0. The van der Waals surface area contributed by atoms with E-state index in [0.29, 0.717) is 5.92 Å². The van der Waals surface area contributed by atoms with Gasteiger partial charge in [-0.3, -0.25) is 4.79 Å². The molecule has 2 nitrogen and oxygen atoms in total. The van der Waals surface area contributed by atoms with Crippen LogP contribution in [-0.4, -0.2) is 11.6 Å². The lowest BCUT2D eigenvalue weighted by molar-refractivity contribution is -0.175. The fraction of sp³-hybridized carbons (Fsp3) is 0.933. The monoisotopic (exact) mass is 236 g/mol. The quantitative estimate of drug-likeness (QED) is 0.702. The Bertz CT molecular complexity index is 336. The lowest BCUT2D eigenvalue weighted by Crippen LogP contribution is -2.47. The number of rotatable bonds is 3. The van der Waals surface area contributed by atoms with E-state index in [9.17, 15) is 4.79 Å². The molecule has 0 N–H and O–H groups in total. The molecule has 3 rings (SSSR count). The van der Waals surface area contributed by atoms with Gasteiger partial charge in [0, 0.05) is 5.92 Å². The number of fused-ring (bicyclic) bond motifs is 5. The fourth-order valence-electron chi connectivity index (χ4n) is 4.54. The number of hydrogen-bond acceptors (Lipinski definition) is 2. The van der Waals surface area contributed by atoms with Crippen LogP contribution in [0.25, 0.3) is 0 Å². The van der Waals surface area contributed by atoms with Crippen LogP contribution >= 0.6 is 0 Å². The molecule has 3 saturated carbocycles. The number of carbonyl (C=O) groups is 1. The van der Waals surface area contributed by atoms with Gasteiger partial charge < -0.3 is 4.74 Å². The lowest BCUT2D eigenvalue weighted by atomic mass is 9.61. The van der Waals surface area contributed by atoms with Crippen LogP contribution in [0.5, 0.6) is 0 Å². The zero-order valence-electron chi connectivity index (χ0n) is 11.2. The van der Waals surface area contributed by atoms with Crippen LogP contribution in [0.2, 0.25) is 0 Å². The Labute approximate surface area is 104 Å². The molecular formula is C15H24O2. The summed E-state index contributed by atoms with van der Waals surface area (Å²) in [5.74, 6) is 3.47. The molecule has 17 heavy (non-hydrogen) atoms. The second kappa shape index (κ2) is 3.73. The van der Waals surface area contributed by atoms with E-state index in [1.165, 1.54) is 19.3 Å². The van der Waals surface area contributed by atoms with Crippen molar-refractivity contribution in [2.45, 2.75) is 58.5 Å². The van der Waals surface area contributed by atoms with Crippen molar-refractivity contribution >= 4 is 5.97 Å². The van der Waals surface area contributed by atoms with Crippen LogP contribution in [0.3, 0.4) is 0 Å². The van der Waals surface area contributed by atoms with Crippen LogP contribution in [0.4, 0.5) is 0 Å². The Balaban J connectivity index is 1.69. The van der Waals surface area contributed by atoms with Gasteiger partial charge in [0.05, 0.1) is 5.92 Å². The van der Waals surface area contributed by atoms with E-state index in [0.717, 1.165) is 30.6 Å². The molecule has 3 aliphatic carbocycles. The molecule has 2 heteroatoms. The van der Waals surface area contributed by atoms with E-state index in [-0.39, 0.29) is 17.5 Å². The zero-order chi connectivity index (χ0) is 12.2. The van der Waals surface area contributed by atoms with Gasteiger partial charge >= 0.3 is 5.97 Å². The van der Waals surface area contributed by atoms with Gasteiger partial charge in [-0.25, -0.2) is 0 Å². The molecule has 3 aliphatic rings. The number of hydrogen-bond donors (Lipinski definition) is 0. The summed E-state index contributed by atoms with van der Waals surface area (Å²) in [6, 6.07) is 0. The third-order valence-electron chi connectivity index (χ3n) is 5.86. The smallest absolute Gasteiger partial charge is 0.309 e. The highest BCUT2D eigenvalue weighted by molar-refractivity contribution is 5.72. The van der Waals surface area contributed by atoms with E-state index in [4.69, 9.17) is 4.74 Å². The lowest BCUT2D eigenvalue weighted by Gasteiger charge is -2.48. The van der Waals surface area contributed by atoms with Crippen molar-refractivity contribution in [1.29, 1.82) is 0 Å². The predicted molar refractivity (Wildman–Crippen MR) is 66.4 cm³/mol. The highest BCUT2D eigenvalue weighted by atomic mass is 16.6.